The topological polar surface area (TPSA) is 43.4 Å². The Morgan fingerprint density at radius 3 is 1.72 bits per heavy atom. The highest BCUT2D eigenvalue weighted by Gasteiger charge is 2.43. The van der Waals surface area contributed by atoms with E-state index in [1.165, 1.54) is 0 Å². The van der Waals surface area contributed by atoms with Crippen molar-refractivity contribution >= 4 is 39.8 Å². The standard InChI is InChI=1S/C32H37O3P/c1-3-5-16-25-17-15-24-29(25)30(33)31(32(34)35-4-2)36(26-18-9-6-10-19-26,27-20-11-7-12-21-27)28-22-13-8-14-23-28/h6-14,18-23,25,29H,3-5,15-17,24H2,1-2H3/t25-,29-/m1/s1. The zero-order valence-corrected chi connectivity index (χ0v) is 22.3. The number of unbranched alkanes of at least 4 members (excludes halogenated alkanes) is 1. The molecule has 36 heavy (non-hydrogen) atoms. The Hall–Kier alpha value is -2.90. The van der Waals surface area contributed by atoms with Crippen LogP contribution < -0.4 is 15.9 Å². The third-order valence-electron chi connectivity index (χ3n) is 7.39. The van der Waals surface area contributed by atoms with Gasteiger partial charge < -0.3 is 4.74 Å². The lowest BCUT2D eigenvalue weighted by Crippen LogP contribution is -2.41. The van der Waals surface area contributed by atoms with Crippen molar-refractivity contribution in [1.29, 1.82) is 0 Å². The quantitative estimate of drug-likeness (QED) is 0.198. The average Bonchev–Trinajstić information content (AvgIpc) is 3.40. The highest BCUT2D eigenvalue weighted by atomic mass is 31.2. The molecule has 3 aromatic carbocycles. The Morgan fingerprint density at radius 2 is 1.28 bits per heavy atom. The molecule has 1 saturated carbocycles. The van der Waals surface area contributed by atoms with Crippen molar-refractivity contribution in [2.75, 3.05) is 6.61 Å². The SMILES string of the molecule is CCCC[C@@H]1CCC[C@H]1C(=O)C(C(=O)OCC)=P(c1ccccc1)(c1ccccc1)c1ccccc1. The predicted octanol–water partition coefficient (Wildman–Crippen LogP) is 5.89. The van der Waals surface area contributed by atoms with E-state index >= 15 is 0 Å². The number of hydrogen-bond acceptors (Lipinski definition) is 3. The summed E-state index contributed by atoms with van der Waals surface area (Å²) in [6.07, 6.45) is 6.19. The minimum atomic E-state index is -2.82. The first-order valence-electron chi connectivity index (χ1n) is 13.3. The van der Waals surface area contributed by atoms with E-state index in [9.17, 15) is 9.59 Å². The molecule has 2 atom stereocenters. The van der Waals surface area contributed by atoms with E-state index < -0.39 is 12.9 Å². The van der Waals surface area contributed by atoms with E-state index in [2.05, 4.69) is 43.3 Å². The Morgan fingerprint density at radius 1 is 0.778 bits per heavy atom. The van der Waals surface area contributed by atoms with Crippen molar-refractivity contribution in [2.45, 2.75) is 52.4 Å². The molecule has 188 valence electrons. The molecule has 0 bridgehead atoms. The van der Waals surface area contributed by atoms with Crippen LogP contribution in [0.5, 0.6) is 0 Å². The second kappa shape index (κ2) is 12.4. The zero-order valence-electron chi connectivity index (χ0n) is 21.4. The van der Waals surface area contributed by atoms with Crippen LogP contribution in [0.3, 0.4) is 0 Å². The normalized spacial score (nSPS) is 17.5. The van der Waals surface area contributed by atoms with Crippen LogP contribution in [0.15, 0.2) is 91.0 Å². The maximum Gasteiger partial charge on any atom is 0.342 e. The van der Waals surface area contributed by atoms with Gasteiger partial charge in [0.1, 0.15) is 5.29 Å². The third-order valence-corrected chi connectivity index (χ3v) is 11.7. The van der Waals surface area contributed by atoms with E-state index in [-0.39, 0.29) is 18.3 Å². The first kappa shape index (κ1) is 26.2. The van der Waals surface area contributed by atoms with E-state index in [0.29, 0.717) is 11.2 Å². The molecular formula is C32H37O3P. The summed E-state index contributed by atoms with van der Waals surface area (Å²) in [5.74, 6) is -0.275. The monoisotopic (exact) mass is 500 g/mol. The minimum absolute atomic E-state index is 0.00283. The van der Waals surface area contributed by atoms with Gasteiger partial charge in [0.2, 0.25) is 0 Å². The molecule has 3 nitrogen and oxygen atoms in total. The van der Waals surface area contributed by atoms with Crippen LogP contribution in [-0.4, -0.2) is 23.7 Å². The fraction of sp³-hybridized carbons (Fsp3) is 0.344. The molecule has 0 N–H and O–H groups in total. The Labute approximate surface area is 215 Å². The maximum absolute atomic E-state index is 14.7. The van der Waals surface area contributed by atoms with Gasteiger partial charge in [-0.05, 0) is 54.9 Å². The summed E-state index contributed by atoms with van der Waals surface area (Å²) in [5, 5.41) is 3.35. The molecule has 1 aliphatic carbocycles. The number of benzene rings is 3. The van der Waals surface area contributed by atoms with Gasteiger partial charge in [-0.25, -0.2) is 4.79 Å². The third kappa shape index (κ3) is 5.13. The molecule has 0 spiro atoms. The number of esters is 1. The van der Waals surface area contributed by atoms with Crippen LogP contribution in [-0.2, 0) is 14.3 Å². The van der Waals surface area contributed by atoms with Gasteiger partial charge in [0.25, 0.3) is 0 Å². The van der Waals surface area contributed by atoms with Gasteiger partial charge in [0.05, 0.1) is 6.61 Å². The lowest BCUT2D eigenvalue weighted by Gasteiger charge is -2.33. The van der Waals surface area contributed by atoms with Crippen molar-refractivity contribution in [3.8, 4) is 0 Å². The van der Waals surface area contributed by atoms with Gasteiger partial charge in [-0.3, -0.25) is 4.79 Å². The lowest BCUT2D eigenvalue weighted by molar-refractivity contribution is -0.135. The lowest BCUT2D eigenvalue weighted by atomic mass is 9.87. The molecule has 0 heterocycles. The second-order valence-electron chi connectivity index (χ2n) is 9.55. The van der Waals surface area contributed by atoms with Crippen molar-refractivity contribution in [2.24, 2.45) is 11.8 Å². The Kier molecular flexibility index (Phi) is 8.99. The second-order valence-corrected chi connectivity index (χ2v) is 12.9. The largest absolute Gasteiger partial charge is 0.462 e. The molecule has 0 aliphatic heterocycles. The minimum Gasteiger partial charge on any atom is -0.462 e. The van der Waals surface area contributed by atoms with Gasteiger partial charge in [0.15, 0.2) is 5.78 Å². The van der Waals surface area contributed by atoms with Crippen LogP contribution in [0.1, 0.15) is 52.4 Å². The van der Waals surface area contributed by atoms with Gasteiger partial charge in [-0.1, -0.05) is 117 Å². The van der Waals surface area contributed by atoms with Gasteiger partial charge >= 0.3 is 5.97 Å². The first-order chi connectivity index (χ1) is 17.6. The van der Waals surface area contributed by atoms with Gasteiger partial charge in [-0.15, -0.1) is 0 Å². The number of carbonyl (C=O) groups is 2. The van der Waals surface area contributed by atoms with Crippen molar-refractivity contribution < 1.29 is 14.3 Å². The van der Waals surface area contributed by atoms with Crippen molar-refractivity contribution in [3.05, 3.63) is 91.0 Å². The molecule has 4 rings (SSSR count). The number of hydrogen-bond donors (Lipinski definition) is 0. The van der Waals surface area contributed by atoms with Crippen molar-refractivity contribution in [1.82, 2.24) is 0 Å². The number of Topliss-reactive ketones (excluding diaryl/α,β-unsaturated/α-hetero) is 1. The summed E-state index contributed by atoms with van der Waals surface area (Å²) in [5.41, 5.74) is 0. The summed E-state index contributed by atoms with van der Waals surface area (Å²) in [6.45, 7) is 1.42. The number of rotatable bonds is 10. The van der Waals surface area contributed by atoms with Crippen LogP contribution >= 0.6 is 6.89 Å². The van der Waals surface area contributed by atoms with Crippen LogP contribution in [0.4, 0.5) is 0 Å². The Balaban J connectivity index is 2.12. The molecule has 0 aromatic heterocycles. The molecular weight excluding hydrogens is 463 g/mol. The fourth-order valence-corrected chi connectivity index (χ4v) is 10.1. The summed E-state index contributed by atoms with van der Waals surface area (Å²) < 4.78 is 5.70. The summed E-state index contributed by atoms with van der Waals surface area (Å²) in [7, 11) is 0. The van der Waals surface area contributed by atoms with E-state index in [4.69, 9.17) is 4.74 Å². The van der Waals surface area contributed by atoms with Gasteiger partial charge in [0, 0.05) is 5.92 Å². The number of ketones is 1. The van der Waals surface area contributed by atoms with E-state index in [1.807, 2.05) is 61.5 Å². The molecule has 4 heteroatoms. The highest BCUT2D eigenvalue weighted by molar-refractivity contribution is 7.97. The number of carbonyl (C=O) groups excluding carboxylic acids is 2. The maximum atomic E-state index is 14.7. The van der Waals surface area contributed by atoms with Crippen LogP contribution in [0.25, 0.3) is 0 Å². The van der Waals surface area contributed by atoms with E-state index in [0.717, 1.165) is 54.4 Å². The van der Waals surface area contributed by atoms with Crippen LogP contribution in [0.2, 0.25) is 0 Å². The zero-order chi connectivity index (χ0) is 25.4. The summed E-state index contributed by atoms with van der Waals surface area (Å²) in [6, 6.07) is 30.4. The van der Waals surface area contributed by atoms with Gasteiger partial charge in [-0.2, -0.15) is 0 Å². The number of ether oxygens (including phenoxy) is 1. The molecule has 0 unspecified atom stereocenters. The molecule has 1 aliphatic rings. The molecule has 0 amide bonds. The fourth-order valence-electron chi connectivity index (χ4n) is 5.76. The molecule has 1 fully saturated rings. The molecule has 0 saturated heterocycles. The van der Waals surface area contributed by atoms with Crippen LogP contribution in [0, 0.1) is 11.8 Å². The Bertz CT molecular complexity index is 1100. The summed E-state index contributed by atoms with van der Waals surface area (Å²) >= 11 is 0. The predicted molar refractivity (Wildman–Crippen MR) is 152 cm³/mol. The first-order valence-corrected chi connectivity index (χ1v) is 15.1. The summed E-state index contributed by atoms with van der Waals surface area (Å²) in [4.78, 5) is 28.7. The molecule has 3 aromatic rings. The smallest absolute Gasteiger partial charge is 0.342 e. The van der Waals surface area contributed by atoms with E-state index in [1.54, 1.807) is 0 Å². The average molecular weight is 501 g/mol. The highest BCUT2D eigenvalue weighted by Crippen LogP contribution is 2.48. The van der Waals surface area contributed by atoms with Crippen molar-refractivity contribution in [3.63, 3.8) is 0 Å². The molecule has 0 radical (unpaired) electrons.